The summed E-state index contributed by atoms with van der Waals surface area (Å²) in [6.07, 6.45) is 2.75. The molecule has 1 amide bonds. The second-order valence-electron chi connectivity index (χ2n) is 3.63. The number of pyridine rings is 1. The van der Waals surface area contributed by atoms with Crippen LogP contribution in [0.1, 0.15) is 16.1 Å². The van der Waals surface area contributed by atoms with Gasteiger partial charge >= 0.3 is 0 Å². The number of nitrogens with one attached hydrogen (secondary N) is 1. The Bertz CT molecular complexity index is 582. The van der Waals surface area contributed by atoms with Gasteiger partial charge in [0.05, 0.1) is 17.8 Å². The van der Waals surface area contributed by atoms with E-state index in [2.05, 4.69) is 15.4 Å². The lowest BCUT2D eigenvalue weighted by molar-refractivity contribution is 0.0945. The molecular weight excluding hydrogens is 242 g/mol. The molecule has 0 aliphatic carbocycles. The molecule has 5 nitrogen and oxygen atoms in total. The molecule has 94 valence electrons. The predicted octanol–water partition coefficient (Wildman–Crippen LogP) is 1.02. The van der Waals surface area contributed by atoms with Gasteiger partial charge in [0.1, 0.15) is 0 Å². The van der Waals surface area contributed by atoms with Crippen molar-refractivity contribution in [2.24, 2.45) is 7.05 Å². The summed E-state index contributed by atoms with van der Waals surface area (Å²) < 4.78 is 27.7. The van der Waals surface area contributed by atoms with Crippen molar-refractivity contribution in [1.29, 1.82) is 0 Å². The minimum atomic E-state index is -1.29. The quantitative estimate of drug-likeness (QED) is 0.830. The third-order valence-corrected chi connectivity index (χ3v) is 2.29. The molecule has 2 rings (SSSR count). The fourth-order valence-corrected chi connectivity index (χ4v) is 1.42. The minimum absolute atomic E-state index is 0.142. The lowest BCUT2D eigenvalue weighted by atomic mass is 10.2. The molecule has 0 fully saturated rings. The van der Waals surface area contributed by atoms with E-state index >= 15 is 0 Å². The summed E-state index contributed by atoms with van der Waals surface area (Å²) >= 11 is 0. The van der Waals surface area contributed by atoms with Crippen molar-refractivity contribution in [3.8, 4) is 0 Å². The van der Waals surface area contributed by atoms with Gasteiger partial charge in [0.15, 0.2) is 5.82 Å². The van der Waals surface area contributed by atoms with Gasteiger partial charge in [-0.1, -0.05) is 0 Å². The van der Waals surface area contributed by atoms with E-state index in [1.54, 1.807) is 24.0 Å². The smallest absolute Gasteiger partial charge is 0.254 e. The Labute approximate surface area is 101 Å². The normalized spacial score (nSPS) is 10.4. The molecule has 0 saturated carbocycles. The second-order valence-corrected chi connectivity index (χ2v) is 3.63. The van der Waals surface area contributed by atoms with Crippen LogP contribution in [0.5, 0.6) is 0 Å². The van der Waals surface area contributed by atoms with Crippen LogP contribution in [0.4, 0.5) is 8.78 Å². The first-order chi connectivity index (χ1) is 8.58. The molecule has 0 aliphatic rings. The maximum atomic E-state index is 13.3. The molecule has 0 unspecified atom stereocenters. The molecule has 7 heteroatoms. The lowest BCUT2D eigenvalue weighted by Gasteiger charge is -2.04. The number of hydrogen-bond donors (Lipinski definition) is 1. The predicted molar refractivity (Wildman–Crippen MR) is 58.5 cm³/mol. The summed E-state index contributed by atoms with van der Waals surface area (Å²) in [5, 5.41) is 6.49. The Morgan fingerprint density at radius 3 is 2.89 bits per heavy atom. The molecule has 0 atom stereocenters. The zero-order valence-electron chi connectivity index (χ0n) is 9.52. The van der Waals surface area contributed by atoms with E-state index in [-0.39, 0.29) is 12.1 Å². The van der Waals surface area contributed by atoms with E-state index in [1.165, 1.54) is 0 Å². The first-order valence-electron chi connectivity index (χ1n) is 5.14. The van der Waals surface area contributed by atoms with Gasteiger partial charge in [-0.15, -0.1) is 0 Å². The number of aromatic nitrogens is 3. The number of rotatable bonds is 3. The molecular formula is C11H10F2N4O. The molecule has 2 aromatic heterocycles. The standard InChI is InChI=1S/C11H10F2N4O/c1-17-5-3-7(16-17)6-15-11(18)8-2-4-14-10(13)9(8)12/h2-5H,6H2,1H3,(H,15,18). The minimum Gasteiger partial charge on any atom is -0.346 e. The maximum absolute atomic E-state index is 13.3. The van der Waals surface area contributed by atoms with Crippen molar-refractivity contribution < 1.29 is 13.6 Å². The number of aryl methyl sites for hydroxylation is 1. The van der Waals surface area contributed by atoms with Crippen LogP contribution in [0.3, 0.4) is 0 Å². The third-order valence-electron chi connectivity index (χ3n) is 2.29. The number of amides is 1. The summed E-state index contributed by atoms with van der Waals surface area (Å²) in [6.45, 7) is 0.142. The summed E-state index contributed by atoms with van der Waals surface area (Å²) in [4.78, 5) is 14.7. The van der Waals surface area contributed by atoms with Crippen molar-refractivity contribution >= 4 is 5.91 Å². The van der Waals surface area contributed by atoms with Gasteiger partial charge in [-0.3, -0.25) is 9.48 Å². The largest absolute Gasteiger partial charge is 0.346 e. The Kier molecular flexibility index (Phi) is 3.31. The van der Waals surface area contributed by atoms with Gasteiger partial charge in [-0.25, -0.2) is 9.37 Å². The topological polar surface area (TPSA) is 59.8 Å². The zero-order chi connectivity index (χ0) is 13.1. The Morgan fingerprint density at radius 2 is 2.22 bits per heavy atom. The van der Waals surface area contributed by atoms with E-state index in [0.717, 1.165) is 12.3 Å². The van der Waals surface area contributed by atoms with Crippen LogP contribution in [0.2, 0.25) is 0 Å². The third kappa shape index (κ3) is 2.50. The average Bonchev–Trinajstić information content (AvgIpc) is 2.76. The van der Waals surface area contributed by atoms with E-state index in [4.69, 9.17) is 0 Å². The van der Waals surface area contributed by atoms with Gasteiger partial charge < -0.3 is 5.32 Å². The Morgan fingerprint density at radius 1 is 1.44 bits per heavy atom. The number of carbonyl (C=O) groups excluding carboxylic acids is 1. The monoisotopic (exact) mass is 252 g/mol. The van der Waals surface area contributed by atoms with Gasteiger partial charge in [0, 0.05) is 19.4 Å². The second kappa shape index (κ2) is 4.91. The summed E-state index contributed by atoms with van der Waals surface area (Å²) in [5.41, 5.74) is 0.249. The number of hydrogen-bond acceptors (Lipinski definition) is 3. The van der Waals surface area contributed by atoms with Crippen molar-refractivity contribution in [3.63, 3.8) is 0 Å². The average molecular weight is 252 g/mol. The van der Waals surface area contributed by atoms with Gasteiger partial charge in [-0.2, -0.15) is 9.49 Å². The molecule has 1 N–H and O–H groups in total. The highest BCUT2D eigenvalue weighted by Gasteiger charge is 2.15. The van der Waals surface area contributed by atoms with Crippen molar-refractivity contribution in [2.75, 3.05) is 0 Å². The fourth-order valence-electron chi connectivity index (χ4n) is 1.42. The van der Waals surface area contributed by atoms with Crippen LogP contribution in [-0.4, -0.2) is 20.7 Å². The maximum Gasteiger partial charge on any atom is 0.254 e. The Balaban J connectivity index is 2.06. The van der Waals surface area contributed by atoms with Crippen LogP contribution in [0.25, 0.3) is 0 Å². The molecule has 0 spiro atoms. The molecule has 0 aliphatic heterocycles. The molecule has 0 aromatic carbocycles. The number of carbonyl (C=O) groups is 1. The van der Waals surface area contributed by atoms with Gasteiger partial charge in [0.25, 0.3) is 5.91 Å². The molecule has 18 heavy (non-hydrogen) atoms. The highest BCUT2D eigenvalue weighted by Crippen LogP contribution is 2.08. The van der Waals surface area contributed by atoms with Crippen molar-refractivity contribution in [2.45, 2.75) is 6.54 Å². The highest BCUT2D eigenvalue weighted by molar-refractivity contribution is 5.94. The highest BCUT2D eigenvalue weighted by atomic mass is 19.2. The summed E-state index contributed by atoms with van der Waals surface area (Å²) in [7, 11) is 1.74. The molecule has 2 aromatic rings. The van der Waals surface area contributed by atoms with Crippen LogP contribution < -0.4 is 5.32 Å². The summed E-state index contributed by atoms with van der Waals surface area (Å²) in [5.74, 6) is -3.25. The Hall–Kier alpha value is -2.31. The van der Waals surface area contributed by atoms with Crippen LogP contribution in [0.15, 0.2) is 24.5 Å². The number of nitrogens with zero attached hydrogens (tertiary/aromatic N) is 3. The van der Waals surface area contributed by atoms with Crippen LogP contribution in [-0.2, 0) is 13.6 Å². The molecule has 0 bridgehead atoms. The van der Waals surface area contributed by atoms with E-state index < -0.39 is 17.7 Å². The SMILES string of the molecule is Cn1ccc(CNC(=O)c2ccnc(F)c2F)n1. The molecule has 0 radical (unpaired) electrons. The van der Waals surface area contributed by atoms with E-state index in [0.29, 0.717) is 5.69 Å². The lowest BCUT2D eigenvalue weighted by Crippen LogP contribution is -2.24. The zero-order valence-corrected chi connectivity index (χ0v) is 9.52. The van der Waals surface area contributed by atoms with E-state index in [1.807, 2.05) is 0 Å². The number of halogens is 2. The fraction of sp³-hybridized carbons (Fsp3) is 0.182. The van der Waals surface area contributed by atoms with E-state index in [9.17, 15) is 13.6 Å². The first-order valence-corrected chi connectivity index (χ1v) is 5.14. The van der Waals surface area contributed by atoms with Gasteiger partial charge in [-0.05, 0) is 12.1 Å². The van der Waals surface area contributed by atoms with Crippen LogP contribution >= 0.6 is 0 Å². The summed E-state index contributed by atoms with van der Waals surface area (Å²) in [6, 6.07) is 2.83. The van der Waals surface area contributed by atoms with Crippen molar-refractivity contribution in [1.82, 2.24) is 20.1 Å². The van der Waals surface area contributed by atoms with Crippen LogP contribution in [0, 0.1) is 11.8 Å². The first kappa shape index (κ1) is 12.2. The molecule has 2 heterocycles. The van der Waals surface area contributed by atoms with Crippen molar-refractivity contribution in [3.05, 3.63) is 47.5 Å². The molecule has 0 saturated heterocycles. The van der Waals surface area contributed by atoms with Gasteiger partial charge in [0.2, 0.25) is 5.95 Å².